The van der Waals surface area contributed by atoms with Gasteiger partial charge in [-0.05, 0) is 41.8 Å². The van der Waals surface area contributed by atoms with Crippen LogP contribution in [0.2, 0.25) is 0 Å². The van der Waals surface area contributed by atoms with Crippen LogP contribution in [0.25, 0.3) is 10.8 Å². The van der Waals surface area contributed by atoms with Crippen LogP contribution in [-0.4, -0.2) is 9.97 Å². The highest BCUT2D eigenvalue weighted by Gasteiger charge is 2.06. The lowest BCUT2D eigenvalue weighted by molar-refractivity contribution is 0.462. The van der Waals surface area contributed by atoms with Crippen molar-refractivity contribution in [1.82, 2.24) is 9.97 Å². The maximum atomic E-state index is 5.89. The van der Waals surface area contributed by atoms with E-state index in [1.165, 1.54) is 0 Å². The summed E-state index contributed by atoms with van der Waals surface area (Å²) >= 11 is 0. The average molecular weight is 314 g/mol. The first kappa shape index (κ1) is 14.2. The van der Waals surface area contributed by atoms with Crippen molar-refractivity contribution >= 4 is 10.8 Å². The zero-order valence-electron chi connectivity index (χ0n) is 12.8. The van der Waals surface area contributed by atoms with E-state index in [1.54, 1.807) is 12.4 Å². The van der Waals surface area contributed by atoms with Crippen LogP contribution in [0.5, 0.6) is 23.3 Å². The van der Waals surface area contributed by atoms with Crippen LogP contribution < -0.4 is 9.47 Å². The summed E-state index contributed by atoms with van der Waals surface area (Å²) in [6.07, 6.45) is 3.41. The molecule has 0 aliphatic rings. The van der Waals surface area contributed by atoms with Crippen LogP contribution in [0.15, 0.2) is 85.2 Å². The molecule has 0 N–H and O–H groups in total. The molecule has 2 aromatic carbocycles. The van der Waals surface area contributed by atoms with Crippen molar-refractivity contribution in [1.29, 1.82) is 0 Å². The van der Waals surface area contributed by atoms with Crippen LogP contribution in [0.1, 0.15) is 0 Å². The third kappa shape index (κ3) is 3.03. The normalized spacial score (nSPS) is 10.5. The molecule has 116 valence electrons. The Balaban J connectivity index is 1.66. The van der Waals surface area contributed by atoms with Crippen molar-refractivity contribution in [2.45, 2.75) is 0 Å². The van der Waals surface area contributed by atoms with Crippen molar-refractivity contribution in [3.8, 4) is 23.3 Å². The molecular formula is C20H14N2O2. The Labute approximate surface area is 139 Å². The SMILES string of the molecule is c1ccc(Oc2ccc3c(Oc4ccccn4)cccc3c2)nc1. The average Bonchev–Trinajstić information content (AvgIpc) is 2.63. The molecule has 4 nitrogen and oxygen atoms in total. The summed E-state index contributed by atoms with van der Waals surface area (Å²) < 4.78 is 11.7. The second-order valence-electron chi connectivity index (χ2n) is 5.18. The first-order chi connectivity index (χ1) is 11.9. The van der Waals surface area contributed by atoms with Crippen LogP contribution in [0, 0.1) is 0 Å². The highest BCUT2D eigenvalue weighted by atomic mass is 16.5. The van der Waals surface area contributed by atoms with Gasteiger partial charge < -0.3 is 9.47 Å². The van der Waals surface area contributed by atoms with Crippen molar-refractivity contribution in [2.24, 2.45) is 0 Å². The largest absolute Gasteiger partial charge is 0.439 e. The first-order valence-corrected chi connectivity index (χ1v) is 7.59. The third-order valence-electron chi connectivity index (χ3n) is 3.52. The van der Waals surface area contributed by atoms with Gasteiger partial charge in [0.1, 0.15) is 11.5 Å². The molecule has 0 radical (unpaired) electrons. The minimum absolute atomic E-state index is 0.567. The Morgan fingerprint density at radius 1 is 0.625 bits per heavy atom. The molecule has 0 atom stereocenters. The molecule has 24 heavy (non-hydrogen) atoms. The molecule has 0 aliphatic heterocycles. The number of hydrogen-bond acceptors (Lipinski definition) is 4. The van der Waals surface area contributed by atoms with Gasteiger partial charge in [0.05, 0.1) is 0 Å². The molecule has 4 aromatic rings. The van der Waals surface area contributed by atoms with E-state index in [9.17, 15) is 0 Å². The van der Waals surface area contributed by atoms with Gasteiger partial charge in [-0.3, -0.25) is 0 Å². The van der Waals surface area contributed by atoms with Gasteiger partial charge in [-0.15, -0.1) is 0 Å². The van der Waals surface area contributed by atoms with Gasteiger partial charge in [0.15, 0.2) is 0 Å². The van der Waals surface area contributed by atoms with E-state index in [1.807, 2.05) is 72.8 Å². The number of rotatable bonds is 4. The Bertz CT molecular complexity index is 957. The van der Waals surface area contributed by atoms with E-state index in [0.717, 1.165) is 22.3 Å². The molecular weight excluding hydrogens is 300 g/mol. The minimum atomic E-state index is 0.567. The minimum Gasteiger partial charge on any atom is -0.439 e. The number of aromatic nitrogens is 2. The molecule has 4 heteroatoms. The van der Waals surface area contributed by atoms with E-state index in [-0.39, 0.29) is 0 Å². The number of benzene rings is 2. The quantitative estimate of drug-likeness (QED) is 0.518. The van der Waals surface area contributed by atoms with Gasteiger partial charge >= 0.3 is 0 Å². The number of pyridine rings is 2. The molecule has 0 bridgehead atoms. The van der Waals surface area contributed by atoms with Crippen molar-refractivity contribution in [3.63, 3.8) is 0 Å². The van der Waals surface area contributed by atoms with Crippen molar-refractivity contribution < 1.29 is 9.47 Å². The lowest BCUT2D eigenvalue weighted by Crippen LogP contribution is -1.89. The molecule has 0 saturated carbocycles. The molecule has 2 heterocycles. The predicted molar refractivity (Wildman–Crippen MR) is 92.6 cm³/mol. The van der Waals surface area contributed by atoms with E-state index in [0.29, 0.717) is 11.8 Å². The topological polar surface area (TPSA) is 44.2 Å². The summed E-state index contributed by atoms with van der Waals surface area (Å²) in [6, 6.07) is 22.9. The second kappa shape index (κ2) is 6.38. The van der Waals surface area contributed by atoms with Crippen molar-refractivity contribution in [2.75, 3.05) is 0 Å². The summed E-state index contributed by atoms with van der Waals surface area (Å²) in [4.78, 5) is 8.37. The van der Waals surface area contributed by atoms with Crippen LogP contribution in [0.4, 0.5) is 0 Å². The summed E-state index contributed by atoms with van der Waals surface area (Å²) in [6.45, 7) is 0. The van der Waals surface area contributed by atoms with Crippen molar-refractivity contribution in [3.05, 3.63) is 85.2 Å². The standard InChI is InChI=1S/C20H14N2O2/c1-3-12-21-19(8-1)23-16-10-11-17-15(14-16)6-5-7-18(17)24-20-9-2-4-13-22-20/h1-14H. The highest BCUT2D eigenvalue weighted by molar-refractivity contribution is 5.89. The Hall–Kier alpha value is -3.40. The molecule has 0 spiro atoms. The second-order valence-corrected chi connectivity index (χ2v) is 5.18. The lowest BCUT2D eigenvalue weighted by atomic mass is 10.1. The van der Waals surface area contributed by atoms with E-state index in [4.69, 9.17) is 9.47 Å². The summed E-state index contributed by atoms with van der Waals surface area (Å²) in [5.41, 5.74) is 0. The van der Waals surface area contributed by atoms with E-state index >= 15 is 0 Å². The van der Waals surface area contributed by atoms with Gasteiger partial charge in [0.25, 0.3) is 0 Å². The molecule has 2 aromatic heterocycles. The molecule has 0 aliphatic carbocycles. The first-order valence-electron chi connectivity index (χ1n) is 7.59. The molecule has 4 rings (SSSR count). The number of nitrogens with zero attached hydrogens (tertiary/aromatic N) is 2. The molecule has 0 saturated heterocycles. The van der Waals surface area contributed by atoms with Gasteiger partial charge in [0, 0.05) is 29.9 Å². The van der Waals surface area contributed by atoms with Crippen LogP contribution in [-0.2, 0) is 0 Å². The molecule has 0 amide bonds. The molecule has 0 fully saturated rings. The Morgan fingerprint density at radius 2 is 1.38 bits per heavy atom. The third-order valence-corrected chi connectivity index (χ3v) is 3.52. The van der Waals surface area contributed by atoms with Gasteiger partial charge in [0.2, 0.25) is 11.8 Å². The number of hydrogen-bond donors (Lipinski definition) is 0. The van der Waals surface area contributed by atoms with Gasteiger partial charge in [-0.25, -0.2) is 9.97 Å². The predicted octanol–water partition coefficient (Wildman–Crippen LogP) is 5.21. The fourth-order valence-corrected chi connectivity index (χ4v) is 2.43. The fourth-order valence-electron chi connectivity index (χ4n) is 2.43. The highest BCUT2D eigenvalue weighted by Crippen LogP contribution is 2.32. The van der Waals surface area contributed by atoms with Gasteiger partial charge in [-0.2, -0.15) is 0 Å². The maximum absolute atomic E-state index is 5.89. The Kier molecular flexibility index (Phi) is 3.78. The summed E-state index contributed by atoms with van der Waals surface area (Å²) in [5, 5.41) is 2.02. The van der Waals surface area contributed by atoms with Crippen LogP contribution in [0.3, 0.4) is 0 Å². The number of fused-ring (bicyclic) bond motifs is 1. The maximum Gasteiger partial charge on any atom is 0.219 e. The van der Waals surface area contributed by atoms with Crippen LogP contribution >= 0.6 is 0 Å². The van der Waals surface area contributed by atoms with Gasteiger partial charge in [-0.1, -0.05) is 24.3 Å². The van der Waals surface area contributed by atoms with E-state index in [2.05, 4.69) is 9.97 Å². The zero-order chi connectivity index (χ0) is 16.2. The molecule has 0 unspecified atom stereocenters. The zero-order valence-corrected chi connectivity index (χ0v) is 12.8. The number of ether oxygens (including phenoxy) is 2. The lowest BCUT2D eigenvalue weighted by Gasteiger charge is -2.10. The van der Waals surface area contributed by atoms with E-state index < -0.39 is 0 Å². The smallest absolute Gasteiger partial charge is 0.219 e. The Morgan fingerprint density at radius 3 is 2.08 bits per heavy atom. The monoisotopic (exact) mass is 314 g/mol. The summed E-state index contributed by atoms with van der Waals surface area (Å²) in [7, 11) is 0. The summed E-state index contributed by atoms with van der Waals surface area (Å²) in [5.74, 6) is 2.63. The fraction of sp³-hybridized carbons (Fsp3) is 0.